The standard InChI is InChI=1S/C16H23ClN2/c1-12-9-16(14(10-17)11-18-12)19-8-4-6-13-5-2-3-7-15(13)19/h9,11,13,15H,2-8,10H2,1H3. The fourth-order valence-corrected chi connectivity index (χ4v) is 4.07. The molecular weight excluding hydrogens is 256 g/mol. The first-order valence-electron chi connectivity index (χ1n) is 7.57. The van der Waals surface area contributed by atoms with Crippen molar-refractivity contribution in [2.75, 3.05) is 11.4 Å². The summed E-state index contributed by atoms with van der Waals surface area (Å²) >= 11 is 6.11. The smallest absolute Gasteiger partial charge is 0.0509 e. The van der Waals surface area contributed by atoms with E-state index in [9.17, 15) is 0 Å². The number of halogens is 1. The largest absolute Gasteiger partial charge is 0.368 e. The number of fused-ring (bicyclic) bond motifs is 1. The van der Waals surface area contributed by atoms with Crippen molar-refractivity contribution in [3.8, 4) is 0 Å². The van der Waals surface area contributed by atoms with Crippen LogP contribution in [-0.2, 0) is 5.88 Å². The number of aromatic nitrogens is 1. The predicted molar refractivity (Wildman–Crippen MR) is 80.9 cm³/mol. The lowest BCUT2D eigenvalue weighted by Crippen LogP contribution is -2.47. The Hall–Kier alpha value is -0.760. The number of aryl methyl sites for hydroxylation is 1. The van der Waals surface area contributed by atoms with Crippen molar-refractivity contribution in [3.63, 3.8) is 0 Å². The van der Waals surface area contributed by atoms with E-state index in [0.29, 0.717) is 5.88 Å². The molecule has 2 unspecified atom stereocenters. The maximum atomic E-state index is 6.11. The molecule has 1 aliphatic carbocycles. The Morgan fingerprint density at radius 2 is 2.05 bits per heavy atom. The van der Waals surface area contributed by atoms with E-state index in [2.05, 4.69) is 22.9 Å². The summed E-state index contributed by atoms with van der Waals surface area (Å²) in [6, 6.07) is 2.97. The van der Waals surface area contributed by atoms with E-state index < -0.39 is 0 Å². The molecule has 3 heteroatoms. The molecule has 104 valence electrons. The molecule has 19 heavy (non-hydrogen) atoms. The number of hydrogen-bond acceptors (Lipinski definition) is 2. The number of anilines is 1. The molecule has 2 heterocycles. The molecule has 3 rings (SSSR count). The van der Waals surface area contributed by atoms with Crippen LogP contribution in [0.5, 0.6) is 0 Å². The van der Waals surface area contributed by atoms with Crippen LogP contribution in [0.25, 0.3) is 0 Å². The molecule has 0 amide bonds. The van der Waals surface area contributed by atoms with Gasteiger partial charge in [-0.2, -0.15) is 0 Å². The molecule has 0 bridgehead atoms. The topological polar surface area (TPSA) is 16.1 Å². The van der Waals surface area contributed by atoms with Gasteiger partial charge in [0, 0.05) is 35.7 Å². The van der Waals surface area contributed by atoms with Gasteiger partial charge in [-0.3, -0.25) is 4.98 Å². The molecule has 1 saturated carbocycles. The lowest BCUT2D eigenvalue weighted by molar-refractivity contribution is 0.243. The number of alkyl halides is 1. The Morgan fingerprint density at radius 3 is 2.89 bits per heavy atom. The minimum atomic E-state index is 0.566. The minimum absolute atomic E-state index is 0.566. The van der Waals surface area contributed by atoms with Crippen LogP contribution in [0, 0.1) is 12.8 Å². The number of pyridine rings is 1. The SMILES string of the molecule is Cc1cc(N2CCCC3CCCCC32)c(CCl)cn1. The number of rotatable bonds is 2. The van der Waals surface area contributed by atoms with Crippen LogP contribution in [-0.4, -0.2) is 17.6 Å². The van der Waals surface area contributed by atoms with E-state index >= 15 is 0 Å². The van der Waals surface area contributed by atoms with Crippen molar-refractivity contribution in [3.05, 3.63) is 23.5 Å². The zero-order valence-corrected chi connectivity index (χ0v) is 12.5. The van der Waals surface area contributed by atoms with Crippen LogP contribution >= 0.6 is 11.6 Å². The number of hydrogen-bond donors (Lipinski definition) is 0. The van der Waals surface area contributed by atoms with Crippen LogP contribution < -0.4 is 4.90 Å². The molecule has 0 aromatic carbocycles. The molecule has 1 aromatic heterocycles. The Balaban J connectivity index is 1.93. The summed E-state index contributed by atoms with van der Waals surface area (Å²) in [7, 11) is 0. The summed E-state index contributed by atoms with van der Waals surface area (Å²) < 4.78 is 0. The highest BCUT2D eigenvalue weighted by Gasteiger charge is 2.34. The second-order valence-electron chi connectivity index (χ2n) is 6.04. The molecule has 2 aliphatic rings. The first-order chi connectivity index (χ1) is 9.29. The lowest BCUT2D eigenvalue weighted by atomic mass is 9.78. The van der Waals surface area contributed by atoms with E-state index in [0.717, 1.165) is 17.7 Å². The van der Waals surface area contributed by atoms with Crippen molar-refractivity contribution in [2.24, 2.45) is 5.92 Å². The van der Waals surface area contributed by atoms with Gasteiger partial charge in [0.1, 0.15) is 0 Å². The summed E-state index contributed by atoms with van der Waals surface area (Å²) in [5.74, 6) is 1.47. The zero-order chi connectivity index (χ0) is 13.2. The first kappa shape index (κ1) is 13.2. The Bertz CT molecular complexity index is 444. The quantitative estimate of drug-likeness (QED) is 0.751. The first-order valence-corrected chi connectivity index (χ1v) is 8.11. The van der Waals surface area contributed by atoms with E-state index in [4.69, 9.17) is 11.6 Å². The van der Waals surface area contributed by atoms with Crippen LogP contribution in [0.3, 0.4) is 0 Å². The summed E-state index contributed by atoms with van der Waals surface area (Å²) in [6.45, 7) is 3.26. The minimum Gasteiger partial charge on any atom is -0.368 e. The second-order valence-corrected chi connectivity index (χ2v) is 6.30. The third kappa shape index (κ3) is 2.60. The number of nitrogens with zero attached hydrogens (tertiary/aromatic N) is 2. The highest BCUT2D eigenvalue weighted by molar-refractivity contribution is 6.17. The molecule has 2 fully saturated rings. The van der Waals surface area contributed by atoms with Gasteiger partial charge >= 0.3 is 0 Å². The molecule has 0 radical (unpaired) electrons. The van der Waals surface area contributed by atoms with Gasteiger partial charge in [0.05, 0.1) is 5.88 Å². The van der Waals surface area contributed by atoms with Gasteiger partial charge in [0.25, 0.3) is 0 Å². The van der Waals surface area contributed by atoms with Gasteiger partial charge in [0.15, 0.2) is 0 Å². The molecule has 1 aliphatic heterocycles. The van der Waals surface area contributed by atoms with E-state index in [1.165, 1.54) is 56.3 Å². The van der Waals surface area contributed by atoms with Crippen molar-refractivity contribution in [2.45, 2.75) is 57.4 Å². The molecule has 0 N–H and O–H groups in total. The molecule has 1 aromatic rings. The van der Waals surface area contributed by atoms with Gasteiger partial charge in [-0.1, -0.05) is 12.8 Å². The van der Waals surface area contributed by atoms with Crippen LogP contribution in [0.1, 0.15) is 49.8 Å². The van der Waals surface area contributed by atoms with Crippen molar-refractivity contribution in [1.82, 2.24) is 4.98 Å². The third-order valence-electron chi connectivity index (χ3n) is 4.80. The molecular formula is C16H23ClN2. The van der Waals surface area contributed by atoms with Crippen LogP contribution in [0.15, 0.2) is 12.3 Å². The number of piperidine rings is 1. The molecule has 1 saturated heterocycles. The summed E-state index contributed by atoms with van der Waals surface area (Å²) in [6.07, 6.45) is 10.3. The summed E-state index contributed by atoms with van der Waals surface area (Å²) in [5.41, 5.74) is 3.64. The van der Waals surface area contributed by atoms with Crippen molar-refractivity contribution >= 4 is 17.3 Å². The molecule has 2 nitrogen and oxygen atoms in total. The third-order valence-corrected chi connectivity index (χ3v) is 5.08. The van der Waals surface area contributed by atoms with Gasteiger partial charge in [-0.05, 0) is 44.6 Å². The monoisotopic (exact) mass is 278 g/mol. The zero-order valence-electron chi connectivity index (χ0n) is 11.7. The fourth-order valence-electron chi connectivity index (χ4n) is 3.87. The average Bonchev–Trinajstić information content (AvgIpc) is 2.46. The predicted octanol–water partition coefficient (Wildman–Crippen LogP) is 4.29. The van der Waals surface area contributed by atoms with Crippen LogP contribution in [0.4, 0.5) is 5.69 Å². The lowest BCUT2D eigenvalue weighted by Gasteiger charge is -2.46. The van der Waals surface area contributed by atoms with Gasteiger partial charge < -0.3 is 4.90 Å². The van der Waals surface area contributed by atoms with Gasteiger partial charge in [-0.15, -0.1) is 11.6 Å². The Kier molecular flexibility index (Phi) is 3.97. The highest BCUT2D eigenvalue weighted by Crippen LogP contribution is 2.39. The average molecular weight is 279 g/mol. The van der Waals surface area contributed by atoms with Gasteiger partial charge in [-0.25, -0.2) is 0 Å². The Morgan fingerprint density at radius 1 is 1.26 bits per heavy atom. The second kappa shape index (κ2) is 5.70. The normalized spacial score (nSPS) is 27.2. The van der Waals surface area contributed by atoms with E-state index in [1.807, 2.05) is 6.20 Å². The van der Waals surface area contributed by atoms with Crippen LogP contribution in [0.2, 0.25) is 0 Å². The van der Waals surface area contributed by atoms with E-state index in [1.54, 1.807) is 0 Å². The highest BCUT2D eigenvalue weighted by atomic mass is 35.5. The maximum absolute atomic E-state index is 6.11. The Labute approximate surface area is 121 Å². The summed E-state index contributed by atoms with van der Waals surface area (Å²) in [4.78, 5) is 7.04. The molecule has 2 atom stereocenters. The van der Waals surface area contributed by atoms with E-state index in [-0.39, 0.29) is 0 Å². The van der Waals surface area contributed by atoms with Gasteiger partial charge in [0.2, 0.25) is 0 Å². The summed E-state index contributed by atoms with van der Waals surface area (Å²) in [5, 5.41) is 0. The fraction of sp³-hybridized carbons (Fsp3) is 0.688. The maximum Gasteiger partial charge on any atom is 0.0509 e. The van der Waals surface area contributed by atoms with Crippen molar-refractivity contribution in [1.29, 1.82) is 0 Å². The van der Waals surface area contributed by atoms with Crippen molar-refractivity contribution < 1.29 is 0 Å². The molecule has 0 spiro atoms.